The molecule has 0 aliphatic rings. The molecule has 0 aromatic heterocycles. The van der Waals surface area contributed by atoms with Crippen molar-refractivity contribution in [3.8, 4) is 0 Å². The fraction of sp³-hybridized carbons (Fsp3) is 0.217. The van der Waals surface area contributed by atoms with Gasteiger partial charge in [0.25, 0.3) is 0 Å². The third-order valence-corrected chi connectivity index (χ3v) is 5.69. The second-order valence-electron chi connectivity index (χ2n) is 6.59. The van der Waals surface area contributed by atoms with Crippen molar-refractivity contribution in [2.75, 3.05) is 12.8 Å². The number of hydrogen-bond donors (Lipinski definition) is 1. The molecule has 0 aliphatic heterocycles. The number of benzene rings is 3. The Morgan fingerprint density at radius 2 is 1.32 bits per heavy atom. The maximum Gasteiger partial charge on any atom is 0.331 e. The van der Waals surface area contributed by atoms with Crippen LogP contribution in [-0.2, 0) is 26.9 Å². The molecular weight excluding hydrogens is 371 g/mol. The lowest BCUT2D eigenvalue weighted by Crippen LogP contribution is -2.10. The van der Waals surface area contributed by atoms with Crippen molar-refractivity contribution in [2.24, 2.45) is 0 Å². The van der Waals surface area contributed by atoms with Gasteiger partial charge in [-0.2, -0.15) is 0 Å². The molecule has 0 bridgehead atoms. The summed E-state index contributed by atoms with van der Waals surface area (Å²) in [6, 6.07) is 29.1. The third-order valence-electron chi connectivity index (χ3n) is 4.36. The molecule has 5 heteroatoms. The van der Waals surface area contributed by atoms with Crippen LogP contribution in [-0.4, -0.2) is 17.7 Å². The van der Waals surface area contributed by atoms with Crippen LogP contribution in [0, 0.1) is 0 Å². The van der Waals surface area contributed by atoms with Gasteiger partial charge in [-0.05, 0) is 16.7 Å². The zero-order chi connectivity index (χ0) is 19.7. The van der Waals surface area contributed by atoms with Crippen LogP contribution in [0.2, 0.25) is 0 Å². The zero-order valence-corrected chi connectivity index (χ0v) is 16.6. The summed E-state index contributed by atoms with van der Waals surface area (Å²) in [5.41, 5.74) is 2.96. The largest absolute Gasteiger partial charge is 0.376 e. The highest BCUT2D eigenvalue weighted by Crippen LogP contribution is 2.47. The highest BCUT2D eigenvalue weighted by Gasteiger charge is 2.26. The van der Waals surface area contributed by atoms with Crippen molar-refractivity contribution >= 4 is 7.60 Å². The lowest BCUT2D eigenvalue weighted by Gasteiger charge is -2.22. The Labute approximate surface area is 166 Å². The highest BCUT2D eigenvalue weighted by molar-refractivity contribution is 7.52. The van der Waals surface area contributed by atoms with Gasteiger partial charge in [0, 0.05) is 6.42 Å². The van der Waals surface area contributed by atoms with Crippen LogP contribution in [0.25, 0.3) is 0 Å². The number of ether oxygens (including phenoxy) is 1. The van der Waals surface area contributed by atoms with E-state index < -0.39 is 13.7 Å². The van der Waals surface area contributed by atoms with E-state index >= 15 is 0 Å². The first-order valence-electron chi connectivity index (χ1n) is 9.33. The van der Waals surface area contributed by atoms with E-state index in [1.54, 1.807) is 0 Å². The molecule has 3 rings (SSSR count). The van der Waals surface area contributed by atoms with Gasteiger partial charge in [0.2, 0.25) is 0 Å². The minimum absolute atomic E-state index is 0.0437. The highest BCUT2D eigenvalue weighted by atomic mass is 31.2. The van der Waals surface area contributed by atoms with E-state index in [9.17, 15) is 9.46 Å². The molecule has 0 aliphatic carbocycles. The van der Waals surface area contributed by atoms with E-state index in [0.717, 1.165) is 16.7 Å². The molecule has 4 nitrogen and oxygen atoms in total. The Morgan fingerprint density at radius 3 is 1.93 bits per heavy atom. The Balaban J connectivity index is 1.59. The first-order valence-corrected chi connectivity index (χ1v) is 11.1. The van der Waals surface area contributed by atoms with E-state index in [-0.39, 0.29) is 12.8 Å². The van der Waals surface area contributed by atoms with Crippen LogP contribution in [0.5, 0.6) is 0 Å². The molecule has 0 saturated heterocycles. The van der Waals surface area contributed by atoms with Crippen LogP contribution in [0.15, 0.2) is 91.0 Å². The van der Waals surface area contributed by atoms with Gasteiger partial charge in [-0.3, -0.25) is 4.57 Å². The SMILES string of the molecule is O=P(O)(CCOCc1ccccc1)OC(Cc1ccccc1)c1ccccc1. The minimum atomic E-state index is -3.80. The molecule has 0 saturated carbocycles. The second kappa shape index (κ2) is 10.4. The van der Waals surface area contributed by atoms with E-state index in [2.05, 4.69) is 0 Å². The van der Waals surface area contributed by atoms with Gasteiger partial charge in [-0.25, -0.2) is 0 Å². The van der Waals surface area contributed by atoms with Gasteiger partial charge >= 0.3 is 7.60 Å². The predicted molar refractivity (Wildman–Crippen MR) is 111 cm³/mol. The molecular formula is C23H25O4P. The maximum atomic E-state index is 12.7. The van der Waals surface area contributed by atoms with Gasteiger partial charge in [0.15, 0.2) is 0 Å². The molecule has 146 valence electrons. The van der Waals surface area contributed by atoms with Crippen LogP contribution < -0.4 is 0 Å². The third kappa shape index (κ3) is 6.74. The van der Waals surface area contributed by atoms with Crippen LogP contribution in [0.3, 0.4) is 0 Å². The number of hydrogen-bond acceptors (Lipinski definition) is 3. The summed E-state index contributed by atoms with van der Waals surface area (Å²) in [6.45, 7) is 0.572. The first-order chi connectivity index (χ1) is 13.6. The van der Waals surface area contributed by atoms with Crippen molar-refractivity contribution in [3.63, 3.8) is 0 Å². The quantitative estimate of drug-likeness (QED) is 0.369. The van der Waals surface area contributed by atoms with Gasteiger partial charge in [0.05, 0.1) is 25.5 Å². The monoisotopic (exact) mass is 396 g/mol. The molecule has 0 fully saturated rings. The Hall–Kier alpha value is -2.23. The Morgan fingerprint density at radius 1 is 0.786 bits per heavy atom. The fourth-order valence-corrected chi connectivity index (χ4v) is 3.97. The van der Waals surface area contributed by atoms with E-state index in [4.69, 9.17) is 9.26 Å². The molecule has 2 atom stereocenters. The molecule has 0 amide bonds. The summed E-state index contributed by atoms with van der Waals surface area (Å²) in [5, 5.41) is 0. The van der Waals surface area contributed by atoms with Crippen LogP contribution >= 0.6 is 7.60 Å². The van der Waals surface area contributed by atoms with E-state index in [0.29, 0.717) is 13.0 Å². The molecule has 0 spiro atoms. The average molecular weight is 396 g/mol. The van der Waals surface area contributed by atoms with Crippen LogP contribution in [0.4, 0.5) is 0 Å². The van der Waals surface area contributed by atoms with Crippen molar-refractivity contribution in [2.45, 2.75) is 19.1 Å². The summed E-state index contributed by atoms with van der Waals surface area (Å²) >= 11 is 0. The molecule has 0 heterocycles. The molecule has 2 unspecified atom stereocenters. The average Bonchev–Trinajstić information content (AvgIpc) is 2.73. The molecule has 28 heavy (non-hydrogen) atoms. The van der Waals surface area contributed by atoms with Crippen molar-refractivity contribution in [1.29, 1.82) is 0 Å². The standard InChI is InChI=1S/C23H25O4P/c24-28(25,17-16-26-19-21-12-6-2-7-13-21)27-23(22-14-8-3-9-15-22)18-20-10-4-1-5-11-20/h1-15,23H,16-19H2,(H,24,25). The summed E-state index contributed by atoms with van der Waals surface area (Å²) < 4.78 is 23.9. The lowest BCUT2D eigenvalue weighted by molar-refractivity contribution is 0.123. The van der Waals surface area contributed by atoms with Gasteiger partial charge in [0.1, 0.15) is 0 Å². The van der Waals surface area contributed by atoms with E-state index in [1.165, 1.54) is 0 Å². The van der Waals surface area contributed by atoms with Gasteiger partial charge < -0.3 is 14.2 Å². The minimum Gasteiger partial charge on any atom is -0.376 e. The second-order valence-corrected chi connectivity index (χ2v) is 8.53. The zero-order valence-electron chi connectivity index (χ0n) is 15.7. The number of rotatable bonds is 10. The predicted octanol–water partition coefficient (Wildman–Crippen LogP) is 5.39. The van der Waals surface area contributed by atoms with Crippen molar-refractivity contribution in [1.82, 2.24) is 0 Å². The van der Waals surface area contributed by atoms with E-state index in [1.807, 2.05) is 91.0 Å². The smallest absolute Gasteiger partial charge is 0.331 e. The molecule has 0 radical (unpaired) electrons. The normalized spacial score (nSPS) is 14.3. The molecule has 3 aromatic carbocycles. The van der Waals surface area contributed by atoms with Gasteiger partial charge in [-0.1, -0.05) is 91.0 Å². The lowest BCUT2D eigenvalue weighted by atomic mass is 10.0. The molecule has 1 N–H and O–H groups in total. The Kier molecular flexibility index (Phi) is 7.58. The summed E-state index contributed by atoms with van der Waals surface area (Å²) in [6.07, 6.45) is -0.00772. The summed E-state index contributed by atoms with van der Waals surface area (Å²) in [5.74, 6) is 0. The maximum absolute atomic E-state index is 12.7. The molecule has 3 aromatic rings. The summed E-state index contributed by atoms with van der Waals surface area (Å²) in [4.78, 5) is 10.4. The van der Waals surface area contributed by atoms with Crippen LogP contribution in [0.1, 0.15) is 22.8 Å². The van der Waals surface area contributed by atoms with Crippen molar-refractivity contribution in [3.05, 3.63) is 108 Å². The van der Waals surface area contributed by atoms with Crippen molar-refractivity contribution < 1.29 is 18.7 Å². The first kappa shape index (κ1) is 20.5. The topological polar surface area (TPSA) is 55.8 Å². The fourth-order valence-electron chi connectivity index (χ4n) is 2.91. The van der Waals surface area contributed by atoms with Gasteiger partial charge in [-0.15, -0.1) is 0 Å². The summed E-state index contributed by atoms with van der Waals surface area (Å²) in [7, 11) is -3.80. The Bertz CT molecular complexity index is 869.